The number of nitrogens with zero attached hydrogens (tertiary/aromatic N) is 3. The van der Waals surface area contributed by atoms with Gasteiger partial charge in [-0.05, 0) is 31.0 Å². The Morgan fingerprint density at radius 3 is 3.05 bits per heavy atom. The number of hydrogen-bond donors (Lipinski definition) is 0. The van der Waals surface area contributed by atoms with Crippen molar-refractivity contribution in [2.75, 3.05) is 6.67 Å². The highest BCUT2D eigenvalue weighted by Gasteiger charge is 2.36. The molecule has 1 atom stereocenters. The van der Waals surface area contributed by atoms with E-state index in [1.165, 1.54) is 0 Å². The average molecular weight is 285 g/mol. The third kappa shape index (κ3) is 2.54. The molecule has 108 valence electrons. The number of halogens is 1. The third-order valence-electron chi connectivity index (χ3n) is 4.27. The summed E-state index contributed by atoms with van der Waals surface area (Å²) in [5, 5.41) is 8.99. The molecule has 0 unspecified atom stereocenters. The van der Waals surface area contributed by atoms with Crippen LogP contribution in [0.4, 0.5) is 4.39 Å². The highest BCUT2D eigenvalue weighted by atomic mass is 19.1. The first-order valence-electron chi connectivity index (χ1n) is 7.08. The lowest BCUT2D eigenvalue weighted by Gasteiger charge is -2.34. The second kappa shape index (κ2) is 5.28. The van der Waals surface area contributed by atoms with Gasteiger partial charge >= 0.3 is 0 Å². The topological polar surface area (TPSA) is 58.7 Å². The fourth-order valence-electron chi connectivity index (χ4n) is 3.16. The van der Waals surface area contributed by atoms with Crippen molar-refractivity contribution in [2.45, 2.75) is 32.2 Å². The van der Waals surface area contributed by atoms with E-state index in [1.807, 2.05) is 4.57 Å². The van der Waals surface area contributed by atoms with Gasteiger partial charge in [-0.3, -0.25) is 9.18 Å². The molecule has 1 fully saturated rings. The minimum atomic E-state index is -0.619. The highest BCUT2D eigenvalue weighted by Crippen LogP contribution is 2.37. The van der Waals surface area contributed by atoms with Crippen molar-refractivity contribution >= 4 is 16.8 Å². The summed E-state index contributed by atoms with van der Waals surface area (Å²) in [7, 11) is 0. The molecule has 21 heavy (non-hydrogen) atoms. The van der Waals surface area contributed by atoms with Crippen molar-refractivity contribution in [1.29, 1.82) is 5.26 Å². The fraction of sp³-hybridized carbons (Fsp3) is 0.438. The molecule has 1 aromatic heterocycles. The van der Waals surface area contributed by atoms with Gasteiger partial charge in [0.2, 0.25) is 0 Å². The molecular weight excluding hydrogens is 269 g/mol. The minimum absolute atomic E-state index is 0.140. The van der Waals surface area contributed by atoms with Crippen LogP contribution in [0, 0.1) is 16.7 Å². The summed E-state index contributed by atoms with van der Waals surface area (Å²) in [6.45, 7) is -0.0724. The Kier molecular flexibility index (Phi) is 3.46. The van der Waals surface area contributed by atoms with Crippen LogP contribution in [0.2, 0.25) is 0 Å². The van der Waals surface area contributed by atoms with Crippen LogP contribution in [-0.4, -0.2) is 22.0 Å². The molecule has 0 aliphatic heterocycles. The van der Waals surface area contributed by atoms with E-state index in [2.05, 4.69) is 11.1 Å². The summed E-state index contributed by atoms with van der Waals surface area (Å²) in [4.78, 5) is 16.0. The maximum Gasteiger partial charge on any atom is 0.133 e. The van der Waals surface area contributed by atoms with Crippen LogP contribution < -0.4 is 0 Å². The number of nitriles is 1. The number of rotatable bonds is 3. The molecule has 0 N–H and O–H groups in total. The van der Waals surface area contributed by atoms with Crippen molar-refractivity contribution in [2.24, 2.45) is 5.41 Å². The Labute approximate surface area is 122 Å². The molecule has 1 heterocycles. The molecule has 1 aliphatic carbocycles. The maximum atomic E-state index is 13.6. The number of alkyl halides is 1. The molecule has 1 saturated carbocycles. The molecular formula is C16H16FN3O. The number of carbonyl (C=O) groups excluding carboxylic acids is 1. The maximum absolute atomic E-state index is 13.6. The highest BCUT2D eigenvalue weighted by molar-refractivity contribution is 5.80. The quantitative estimate of drug-likeness (QED) is 0.871. The Hall–Kier alpha value is -2.22. The summed E-state index contributed by atoms with van der Waals surface area (Å²) in [6, 6.07) is 7.37. The normalized spacial score (nSPS) is 22.4. The number of fused-ring (bicyclic) bond motifs is 1. The van der Waals surface area contributed by atoms with Crippen LogP contribution in [0.5, 0.6) is 0 Å². The van der Waals surface area contributed by atoms with Crippen LogP contribution in [-0.2, 0) is 11.3 Å². The van der Waals surface area contributed by atoms with Gasteiger partial charge < -0.3 is 4.57 Å². The lowest BCUT2D eigenvalue weighted by Crippen LogP contribution is -2.35. The largest absolute Gasteiger partial charge is 0.330 e. The van der Waals surface area contributed by atoms with E-state index in [4.69, 9.17) is 5.26 Å². The number of hydrogen-bond acceptors (Lipinski definition) is 3. The Morgan fingerprint density at radius 1 is 1.48 bits per heavy atom. The predicted molar refractivity (Wildman–Crippen MR) is 76.3 cm³/mol. The summed E-state index contributed by atoms with van der Waals surface area (Å²) in [5.74, 6) is 0.140. The van der Waals surface area contributed by atoms with E-state index in [1.54, 1.807) is 24.5 Å². The molecule has 0 amide bonds. The fourth-order valence-corrected chi connectivity index (χ4v) is 3.16. The van der Waals surface area contributed by atoms with Crippen molar-refractivity contribution in [3.63, 3.8) is 0 Å². The SMILES string of the molecule is N#Cc1ccc2ncn(C[C@@]3(CF)CCCC(=O)C3)c2c1. The summed E-state index contributed by atoms with van der Waals surface area (Å²) in [6.07, 6.45) is 3.99. The zero-order chi connectivity index (χ0) is 14.9. The van der Waals surface area contributed by atoms with E-state index in [-0.39, 0.29) is 5.78 Å². The average Bonchev–Trinajstić information content (AvgIpc) is 2.89. The van der Waals surface area contributed by atoms with Gasteiger partial charge in [0.1, 0.15) is 5.78 Å². The monoisotopic (exact) mass is 285 g/mol. The van der Waals surface area contributed by atoms with Crippen LogP contribution in [0.3, 0.4) is 0 Å². The van der Waals surface area contributed by atoms with E-state index in [9.17, 15) is 9.18 Å². The number of carbonyl (C=O) groups is 1. The molecule has 1 aliphatic rings. The molecule has 4 nitrogen and oxygen atoms in total. The number of ketones is 1. The van der Waals surface area contributed by atoms with Gasteiger partial charge in [-0.15, -0.1) is 0 Å². The van der Waals surface area contributed by atoms with Gasteiger partial charge in [0.25, 0.3) is 0 Å². The van der Waals surface area contributed by atoms with Gasteiger partial charge in [0.05, 0.1) is 35.7 Å². The van der Waals surface area contributed by atoms with Gasteiger partial charge in [-0.2, -0.15) is 5.26 Å². The standard InChI is InChI=1S/C16H16FN3O/c17-9-16(5-1-2-13(21)7-16)10-20-11-19-14-4-3-12(8-18)6-15(14)20/h3-4,6,11H,1-2,5,7,9-10H2/t16-/m0/s1. The lowest BCUT2D eigenvalue weighted by atomic mass is 9.74. The number of imidazole rings is 1. The molecule has 3 rings (SSSR count). The first-order valence-corrected chi connectivity index (χ1v) is 7.08. The molecule has 5 heteroatoms. The first-order chi connectivity index (χ1) is 10.2. The summed E-state index contributed by atoms with van der Waals surface area (Å²) < 4.78 is 15.5. The second-order valence-corrected chi connectivity index (χ2v) is 5.89. The lowest BCUT2D eigenvalue weighted by molar-refractivity contribution is -0.124. The van der Waals surface area contributed by atoms with Gasteiger partial charge in [-0.25, -0.2) is 4.98 Å². The van der Waals surface area contributed by atoms with Crippen molar-refractivity contribution in [3.05, 3.63) is 30.1 Å². The third-order valence-corrected chi connectivity index (χ3v) is 4.27. The molecule has 0 spiro atoms. The second-order valence-electron chi connectivity index (χ2n) is 5.89. The van der Waals surface area contributed by atoms with E-state index >= 15 is 0 Å². The zero-order valence-electron chi connectivity index (χ0n) is 11.7. The van der Waals surface area contributed by atoms with Crippen LogP contribution in [0.1, 0.15) is 31.2 Å². The van der Waals surface area contributed by atoms with Crippen molar-refractivity contribution in [3.8, 4) is 6.07 Å². The molecule has 2 aromatic rings. The molecule has 0 radical (unpaired) electrons. The summed E-state index contributed by atoms with van der Waals surface area (Å²) in [5.41, 5.74) is 1.54. The molecule has 0 bridgehead atoms. The predicted octanol–water partition coefficient (Wildman–Crippen LogP) is 3.01. The van der Waals surface area contributed by atoms with E-state index in [0.29, 0.717) is 31.4 Å². The number of aromatic nitrogens is 2. The Bertz CT molecular complexity index is 731. The van der Waals surface area contributed by atoms with Gasteiger partial charge in [-0.1, -0.05) is 0 Å². The zero-order valence-corrected chi connectivity index (χ0v) is 11.7. The molecule has 0 saturated heterocycles. The Balaban J connectivity index is 1.96. The smallest absolute Gasteiger partial charge is 0.133 e. The van der Waals surface area contributed by atoms with Crippen LogP contribution in [0.25, 0.3) is 11.0 Å². The Morgan fingerprint density at radius 2 is 2.33 bits per heavy atom. The van der Waals surface area contributed by atoms with Crippen molar-refractivity contribution in [1.82, 2.24) is 9.55 Å². The van der Waals surface area contributed by atoms with Crippen LogP contribution in [0.15, 0.2) is 24.5 Å². The van der Waals surface area contributed by atoms with E-state index in [0.717, 1.165) is 17.5 Å². The first kappa shape index (κ1) is 13.7. The van der Waals surface area contributed by atoms with Gasteiger partial charge in [0.15, 0.2) is 0 Å². The van der Waals surface area contributed by atoms with Gasteiger partial charge in [0, 0.05) is 24.8 Å². The minimum Gasteiger partial charge on any atom is -0.330 e. The molecule has 1 aromatic carbocycles. The number of benzene rings is 1. The van der Waals surface area contributed by atoms with Crippen LogP contribution >= 0.6 is 0 Å². The summed E-state index contributed by atoms with van der Waals surface area (Å²) >= 11 is 0. The van der Waals surface area contributed by atoms with Crippen molar-refractivity contribution < 1.29 is 9.18 Å². The van der Waals surface area contributed by atoms with E-state index < -0.39 is 12.1 Å². The number of Topliss-reactive ketones (excluding diaryl/α,β-unsaturated/α-hetero) is 1.